The molecule has 0 unspecified atom stereocenters. The molecule has 1 N–H and O–H groups in total. The highest BCUT2D eigenvalue weighted by atomic mass is 79.9. The van der Waals surface area contributed by atoms with Crippen LogP contribution in [-0.2, 0) is 4.79 Å². The number of aromatic nitrogens is 1. The van der Waals surface area contributed by atoms with E-state index in [-0.39, 0.29) is 18.3 Å². The van der Waals surface area contributed by atoms with Crippen molar-refractivity contribution in [2.45, 2.75) is 26.8 Å². The van der Waals surface area contributed by atoms with Crippen LogP contribution in [0.2, 0.25) is 0 Å². The van der Waals surface area contributed by atoms with Crippen LogP contribution in [0.1, 0.15) is 19.4 Å². The van der Waals surface area contributed by atoms with Gasteiger partial charge in [-0.05, 0) is 36.7 Å². The standard InChI is InChI=1S/C11H14BrN3O4/c1-6(2)14(5-9(16)17)11-10(12)7(3)8(4-13-11)15(18)19/h4,6H,5H2,1-3H3,(H,16,17). The van der Waals surface area contributed by atoms with Gasteiger partial charge in [0, 0.05) is 11.6 Å². The van der Waals surface area contributed by atoms with Gasteiger partial charge in [-0.25, -0.2) is 4.98 Å². The summed E-state index contributed by atoms with van der Waals surface area (Å²) in [4.78, 5) is 26.7. The van der Waals surface area contributed by atoms with E-state index >= 15 is 0 Å². The number of carbonyl (C=O) groups is 1. The summed E-state index contributed by atoms with van der Waals surface area (Å²) in [7, 11) is 0. The maximum Gasteiger partial charge on any atom is 0.323 e. The molecule has 0 aliphatic carbocycles. The van der Waals surface area contributed by atoms with E-state index in [9.17, 15) is 14.9 Å². The van der Waals surface area contributed by atoms with Crippen molar-refractivity contribution in [1.29, 1.82) is 0 Å². The number of hydrogen-bond acceptors (Lipinski definition) is 5. The Balaban J connectivity index is 3.29. The quantitative estimate of drug-likeness (QED) is 0.657. The zero-order valence-corrected chi connectivity index (χ0v) is 12.3. The topological polar surface area (TPSA) is 96.6 Å². The summed E-state index contributed by atoms with van der Waals surface area (Å²) in [6.07, 6.45) is 1.15. The number of carboxylic acid groups (broad SMARTS) is 1. The number of halogens is 1. The predicted octanol–water partition coefficient (Wildman–Crippen LogP) is 2.36. The number of aliphatic carboxylic acids is 1. The van der Waals surface area contributed by atoms with Gasteiger partial charge in [0.25, 0.3) is 5.69 Å². The molecule has 0 aliphatic rings. The summed E-state index contributed by atoms with van der Waals surface area (Å²) in [6.45, 7) is 5.02. The summed E-state index contributed by atoms with van der Waals surface area (Å²) in [6, 6.07) is -0.0965. The Morgan fingerprint density at radius 1 is 1.63 bits per heavy atom. The highest BCUT2D eigenvalue weighted by molar-refractivity contribution is 9.10. The van der Waals surface area contributed by atoms with Gasteiger partial charge < -0.3 is 10.0 Å². The second-order valence-electron chi connectivity index (χ2n) is 4.28. The van der Waals surface area contributed by atoms with E-state index in [0.717, 1.165) is 6.20 Å². The van der Waals surface area contributed by atoms with Crippen LogP contribution >= 0.6 is 15.9 Å². The molecule has 1 rings (SSSR count). The van der Waals surface area contributed by atoms with Crippen molar-refractivity contribution < 1.29 is 14.8 Å². The molecular weight excluding hydrogens is 318 g/mol. The minimum Gasteiger partial charge on any atom is -0.480 e. The molecule has 104 valence electrons. The van der Waals surface area contributed by atoms with Crippen molar-refractivity contribution in [3.8, 4) is 0 Å². The fraction of sp³-hybridized carbons (Fsp3) is 0.455. The first-order valence-electron chi connectivity index (χ1n) is 5.53. The van der Waals surface area contributed by atoms with Gasteiger partial charge in [0.05, 0.1) is 9.40 Å². The van der Waals surface area contributed by atoms with Gasteiger partial charge in [0.2, 0.25) is 0 Å². The summed E-state index contributed by atoms with van der Waals surface area (Å²) in [5.74, 6) is -0.598. The molecule has 0 aromatic carbocycles. The van der Waals surface area contributed by atoms with E-state index in [2.05, 4.69) is 20.9 Å². The first-order valence-corrected chi connectivity index (χ1v) is 6.33. The zero-order valence-electron chi connectivity index (χ0n) is 10.8. The van der Waals surface area contributed by atoms with E-state index in [1.807, 2.05) is 13.8 Å². The summed E-state index contributed by atoms with van der Waals surface area (Å²) in [5, 5.41) is 19.7. The number of nitro groups is 1. The maximum absolute atomic E-state index is 10.9. The number of anilines is 1. The number of nitrogens with zero attached hydrogens (tertiary/aromatic N) is 3. The first-order chi connectivity index (χ1) is 8.75. The Morgan fingerprint density at radius 2 is 2.21 bits per heavy atom. The van der Waals surface area contributed by atoms with E-state index in [1.165, 1.54) is 0 Å². The Hall–Kier alpha value is -1.70. The molecule has 19 heavy (non-hydrogen) atoms. The summed E-state index contributed by atoms with van der Waals surface area (Å²) in [5.41, 5.74) is 0.320. The van der Waals surface area contributed by atoms with Crippen LogP contribution in [0.3, 0.4) is 0 Å². The molecule has 8 heteroatoms. The second kappa shape index (κ2) is 5.96. The number of carboxylic acids is 1. The molecule has 0 bridgehead atoms. The van der Waals surface area contributed by atoms with Crippen LogP contribution in [-0.4, -0.2) is 33.6 Å². The van der Waals surface area contributed by atoms with Crippen LogP contribution < -0.4 is 4.90 Å². The average molecular weight is 332 g/mol. The summed E-state index contributed by atoms with van der Waals surface area (Å²) < 4.78 is 0.441. The lowest BCUT2D eigenvalue weighted by Crippen LogP contribution is -2.36. The number of pyridine rings is 1. The number of rotatable bonds is 5. The summed E-state index contributed by atoms with van der Waals surface area (Å²) >= 11 is 3.26. The molecular formula is C11H14BrN3O4. The highest BCUT2D eigenvalue weighted by Gasteiger charge is 2.23. The van der Waals surface area contributed by atoms with Gasteiger partial charge in [-0.15, -0.1) is 0 Å². The minimum atomic E-state index is -0.988. The van der Waals surface area contributed by atoms with E-state index in [1.54, 1.807) is 11.8 Å². The van der Waals surface area contributed by atoms with Crippen LogP contribution in [0, 0.1) is 17.0 Å². The fourth-order valence-corrected chi connectivity index (χ4v) is 2.12. The molecule has 0 spiro atoms. The van der Waals surface area contributed by atoms with Crippen molar-refractivity contribution in [2.75, 3.05) is 11.4 Å². The van der Waals surface area contributed by atoms with Crippen LogP contribution in [0.15, 0.2) is 10.7 Å². The lowest BCUT2D eigenvalue weighted by atomic mass is 10.2. The molecule has 7 nitrogen and oxygen atoms in total. The molecule has 1 aromatic rings. The third-order valence-corrected chi connectivity index (χ3v) is 3.57. The van der Waals surface area contributed by atoms with Crippen molar-refractivity contribution in [2.24, 2.45) is 0 Å². The van der Waals surface area contributed by atoms with Gasteiger partial charge in [-0.2, -0.15) is 0 Å². The Bertz CT molecular complexity index is 519. The van der Waals surface area contributed by atoms with Crippen molar-refractivity contribution >= 4 is 33.4 Å². The lowest BCUT2D eigenvalue weighted by molar-refractivity contribution is -0.385. The molecule has 0 amide bonds. The van der Waals surface area contributed by atoms with Crippen molar-refractivity contribution in [1.82, 2.24) is 4.98 Å². The van der Waals surface area contributed by atoms with Crippen molar-refractivity contribution in [3.05, 3.63) is 26.3 Å². The Kier molecular flexibility index (Phi) is 4.82. The van der Waals surface area contributed by atoms with Crippen LogP contribution in [0.5, 0.6) is 0 Å². The third kappa shape index (κ3) is 3.40. The molecule has 0 saturated heterocycles. The van der Waals surface area contributed by atoms with Crippen molar-refractivity contribution in [3.63, 3.8) is 0 Å². The smallest absolute Gasteiger partial charge is 0.323 e. The van der Waals surface area contributed by atoms with Crippen LogP contribution in [0.4, 0.5) is 11.5 Å². The van der Waals surface area contributed by atoms with Crippen LogP contribution in [0.25, 0.3) is 0 Å². The SMILES string of the molecule is Cc1c([N+](=O)[O-])cnc(N(CC(=O)O)C(C)C)c1Br. The van der Waals surface area contributed by atoms with Gasteiger partial charge in [0.15, 0.2) is 0 Å². The largest absolute Gasteiger partial charge is 0.480 e. The highest BCUT2D eigenvalue weighted by Crippen LogP contribution is 2.33. The number of hydrogen-bond donors (Lipinski definition) is 1. The van der Waals surface area contributed by atoms with E-state index in [4.69, 9.17) is 5.11 Å². The van der Waals surface area contributed by atoms with E-state index in [0.29, 0.717) is 15.9 Å². The molecule has 1 aromatic heterocycles. The molecule has 0 fully saturated rings. The van der Waals surface area contributed by atoms with Gasteiger partial charge >= 0.3 is 5.97 Å². The zero-order chi connectivity index (χ0) is 14.7. The lowest BCUT2D eigenvalue weighted by Gasteiger charge is -2.27. The Morgan fingerprint density at radius 3 is 2.63 bits per heavy atom. The van der Waals surface area contributed by atoms with Gasteiger partial charge in [-0.1, -0.05) is 0 Å². The van der Waals surface area contributed by atoms with Gasteiger partial charge in [0.1, 0.15) is 18.6 Å². The normalized spacial score (nSPS) is 10.6. The molecule has 0 saturated carbocycles. The predicted molar refractivity (Wildman–Crippen MR) is 73.4 cm³/mol. The second-order valence-corrected chi connectivity index (χ2v) is 5.07. The molecule has 0 aliphatic heterocycles. The fourth-order valence-electron chi connectivity index (χ4n) is 1.59. The average Bonchev–Trinajstić information content (AvgIpc) is 2.29. The Labute approximate surface area is 118 Å². The monoisotopic (exact) mass is 331 g/mol. The minimum absolute atomic E-state index is 0.0965. The maximum atomic E-state index is 10.9. The third-order valence-electron chi connectivity index (χ3n) is 2.62. The molecule has 1 heterocycles. The van der Waals surface area contributed by atoms with Gasteiger partial charge in [-0.3, -0.25) is 14.9 Å². The molecule has 0 radical (unpaired) electrons. The van der Waals surface area contributed by atoms with E-state index < -0.39 is 10.9 Å². The molecule has 0 atom stereocenters. The first kappa shape index (κ1) is 15.4.